The van der Waals surface area contributed by atoms with Crippen molar-refractivity contribution in [1.82, 2.24) is 25.0 Å². The summed E-state index contributed by atoms with van der Waals surface area (Å²) >= 11 is 0. The van der Waals surface area contributed by atoms with Crippen LogP contribution in [0.2, 0.25) is 0 Å². The molecule has 10 heteroatoms. The first kappa shape index (κ1) is 19.7. The summed E-state index contributed by atoms with van der Waals surface area (Å²) in [6.45, 7) is 4.04. The number of hydrogen-bond donors (Lipinski definition) is 2. The summed E-state index contributed by atoms with van der Waals surface area (Å²) in [7, 11) is 1.67. The summed E-state index contributed by atoms with van der Waals surface area (Å²) in [4.78, 5) is 29.2. The number of carbonyl (C=O) groups is 1. The number of piperidine rings is 1. The smallest absolute Gasteiger partial charge is 0.262 e. The first-order chi connectivity index (χ1) is 14.9. The zero-order chi connectivity index (χ0) is 21.8. The highest BCUT2D eigenvalue weighted by atomic mass is 16.5. The Morgan fingerprint density at radius 2 is 2.10 bits per heavy atom. The lowest BCUT2D eigenvalue weighted by atomic mass is 9.92. The average Bonchev–Trinajstić information content (AvgIpc) is 3.37. The normalized spacial score (nSPS) is 24.4. The van der Waals surface area contributed by atoms with Crippen molar-refractivity contribution in [3.05, 3.63) is 35.5 Å². The third kappa shape index (κ3) is 3.18. The number of anilines is 2. The van der Waals surface area contributed by atoms with Gasteiger partial charge in [0.25, 0.3) is 5.91 Å². The van der Waals surface area contributed by atoms with Crippen molar-refractivity contribution in [3.8, 4) is 0 Å². The van der Waals surface area contributed by atoms with E-state index in [0.717, 1.165) is 42.0 Å². The molecule has 2 atom stereocenters. The van der Waals surface area contributed by atoms with Crippen LogP contribution in [0.15, 0.2) is 23.0 Å². The molecule has 10 nitrogen and oxygen atoms in total. The number of nitrogens with two attached hydrogens (primary N) is 1. The van der Waals surface area contributed by atoms with Gasteiger partial charge in [-0.1, -0.05) is 5.16 Å². The van der Waals surface area contributed by atoms with Crippen molar-refractivity contribution in [2.45, 2.75) is 37.7 Å². The molecule has 0 saturated carbocycles. The van der Waals surface area contributed by atoms with Gasteiger partial charge in [-0.25, -0.2) is 15.0 Å². The number of carbonyl (C=O) groups excluding carboxylic acids is 1. The number of likely N-dealkylation sites (tertiary alicyclic amines) is 1. The zero-order valence-electron chi connectivity index (χ0n) is 17.6. The van der Waals surface area contributed by atoms with Gasteiger partial charge in [0.2, 0.25) is 5.60 Å². The number of pyridine rings is 1. The second-order valence-electron chi connectivity index (χ2n) is 8.49. The van der Waals surface area contributed by atoms with Gasteiger partial charge < -0.3 is 25.2 Å². The molecule has 31 heavy (non-hydrogen) atoms. The number of nitrogen functional groups attached to an aromatic ring is 1. The van der Waals surface area contributed by atoms with Crippen LogP contribution in [-0.4, -0.2) is 62.7 Å². The van der Waals surface area contributed by atoms with Crippen molar-refractivity contribution in [2.24, 2.45) is 0 Å². The van der Waals surface area contributed by atoms with Crippen molar-refractivity contribution < 1.29 is 14.4 Å². The minimum atomic E-state index is -1.62. The Bertz CT molecular complexity index is 1160. The lowest BCUT2D eigenvalue weighted by molar-refractivity contribution is -0.144. The molecule has 3 N–H and O–H groups in total. The van der Waals surface area contributed by atoms with E-state index >= 15 is 0 Å². The van der Waals surface area contributed by atoms with Gasteiger partial charge in [0, 0.05) is 45.1 Å². The fourth-order valence-electron chi connectivity index (χ4n) is 4.55. The standard InChI is InChI=1S/C21H25N7O3/c1-12-8-16(25-18-17(12)23-11-24-19(18)22)28-6-3-4-13(10-28)14-9-15(31-26-14)21(30)5-7-27(2)20(21)29/h8-9,11,13,30H,3-7,10H2,1-2H3,(H2,22,23,24). The van der Waals surface area contributed by atoms with Crippen LogP contribution in [0.5, 0.6) is 0 Å². The lowest BCUT2D eigenvalue weighted by Gasteiger charge is -2.33. The Kier molecular flexibility index (Phi) is 4.54. The Balaban J connectivity index is 1.41. The van der Waals surface area contributed by atoms with E-state index in [-0.39, 0.29) is 17.6 Å². The molecule has 1 amide bonds. The molecule has 3 aromatic heterocycles. The van der Waals surface area contributed by atoms with E-state index in [1.807, 2.05) is 13.0 Å². The lowest BCUT2D eigenvalue weighted by Crippen LogP contribution is -2.36. The van der Waals surface area contributed by atoms with Crippen LogP contribution in [-0.2, 0) is 10.4 Å². The molecule has 5 heterocycles. The summed E-state index contributed by atoms with van der Waals surface area (Å²) in [6.07, 6.45) is 3.65. The molecule has 2 aliphatic heterocycles. The molecule has 0 spiro atoms. The summed E-state index contributed by atoms with van der Waals surface area (Å²) in [6, 6.07) is 3.75. The van der Waals surface area contributed by atoms with Crippen LogP contribution in [0.25, 0.3) is 11.0 Å². The van der Waals surface area contributed by atoms with E-state index in [2.05, 4.69) is 20.0 Å². The van der Waals surface area contributed by atoms with Crippen LogP contribution in [0.3, 0.4) is 0 Å². The van der Waals surface area contributed by atoms with E-state index in [0.29, 0.717) is 30.8 Å². The van der Waals surface area contributed by atoms with Crippen molar-refractivity contribution in [1.29, 1.82) is 0 Å². The second kappa shape index (κ2) is 7.16. The van der Waals surface area contributed by atoms with E-state index in [1.54, 1.807) is 13.1 Å². The van der Waals surface area contributed by atoms with Gasteiger partial charge in [0.15, 0.2) is 11.6 Å². The van der Waals surface area contributed by atoms with Crippen LogP contribution in [0, 0.1) is 6.92 Å². The minimum Gasteiger partial charge on any atom is -0.382 e. The highest BCUT2D eigenvalue weighted by molar-refractivity contribution is 5.88. The van der Waals surface area contributed by atoms with Gasteiger partial charge in [-0.3, -0.25) is 4.79 Å². The molecule has 3 aromatic rings. The summed E-state index contributed by atoms with van der Waals surface area (Å²) < 4.78 is 5.44. The van der Waals surface area contributed by atoms with Crippen molar-refractivity contribution in [3.63, 3.8) is 0 Å². The molecular weight excluding hydrogens is 398 g/mol. The van der Waals surface area contributed by atoms with Crippen molar-refractivity contribution >= 4 is 28.6 Å². The maximum absolute atomic E-state index is 12.4. The van der Waals surface area contributed by atoms with Crippen LogP contribution < -0.4 is 10.6 Å². The molecule has 2 aliphatic rings. The zero-order valence-corrected chi connectivity index (χ0v) is 17.6. The molecular formula is C21H25N7O3. The van der Waals surface area contributed by atoms with Crippen molar-refractivity contribution in [2.75, 3.05) is 37.3 Å². The number of aryl methyl sites for hydroxylation is 1. The number of hydrogen-bond acceptors (Lipinski definition) is 9. The van der Waals surface area contributed by atoms with E-state index in [1.165, 1.54) is 11.2 Å². The number of aliphatic hydroxyl groups is 1. The topological polar surface area (TPSA) is 134 Å². The minimum absolute atomic E-state index is 0.103. The van der Waals surface area contributed by atoms with Gasteiger partial charge in [-0.15, -0.1) is 0 Å². The molecule has 2 saturated heterocycles. The average molecular weight is 423 g/mol. The van der Waals surface area contributed by atoms with Gasteiger partial charge in [0.1, 0.15) is 17.7 Å². The van der Waals surface area contributed by atoms with Crippen LogP contribution in [0.4, 0.5) is 11.6 Å². The fraction of sp³-hybridized carbons (Fsp3) is 0.476. The highest BCUT2D eigenvalue weighted by Gasteiger charge is 2.48. The highest BCUT2D eigenvalue weighted by Crippen LogP contribution is 2.36. The van der Waals surface area contributed by atoms with Crippen LogP contribution in [0.1, 0.15) is 42.2 Å². The van der Waals surface area contributed by atoms with Gasteiger partial charge >= 0.3 is 0 Å². The monoisotopic (exact) mass is 423 g/mol. The molecule has 2 unspecified atom stereocenters. The molecule has 0 aliphatic carbocycles. The largest absolute Gasteiger partial charge is 0.382 e. The molecule has 0 radical (unpaired) electrons. The third-order valence-corrected chi connectivity index (χ3v) is 6.41. The molecule has 0 aromatic carbocycles. The summed E-state index contributed by atoms with van der Waals surface area (Å²) in [5.41, 5.74) is 7.51. The van der Waals surface area contributed by atoms with Gasteiger partial charge in [0.05, 0.1) is 11.2 Å². The number of nitrogens with zero attached hydrogens (tertiary/aromatic N) is 6. The molecule has 0 bridgehead atoms. The SMILES string of the molecule is Cc1cc(N2CCCC(c3cc(C4(O)CCN(C)C4=O)on3)C2)nc2c(N)ncnc12. The van der Waals surface area contributed by atoms with Gasteiger partial charge in [-0.05, 0) is 31.4 Å². The van der Waals surface area contributed by atoms with Gasteiger partial charge in [-0.2, -0.15) is 0 Å². The predicted molar refractivity (Wildman–Crippen MR) is 113 cm³/mol. The van der Waals surface area contributed by atoms with E-state index in [9.17, 15) is 9.90 Å². The first-order valence-electron chi connectivity index (χ1n) is 10.4. The molecule has 2 fully saturated rings. The number of amides is 1. The second-order valence-corrected chi connectivity index (χ2v) is 8.49. The van der Waals surface area contributed by atoms with E-state index in [4.69, 9.17) is 15.2 Å². The number of rotatable bonds is 3. The van der Waals surface area contributed by atoms with E-state index < -0.39 is 5.60 Å². The fourth-order valence-corrected chi connectivity index (χ4v) is 4.55. The molecule has 5 rings (SSSR count). The first-order valence-corrected chi connectivity index (χ1v) is 10.4. The number of likely N-dealkylation sites (N-methyl/N-ethyl adjacent to an activating group) is 1. The molecule has 162 valence electrons. The Hall–Kier alpha value is -3.27. The number of aromatic nitrogens is 4. The Labute approximate surface area is 179 Å². The number of fused-ring (bicyclic) bond motifs is 1. The Morgan fingerprint density at radius 3 is 2.87 bits per heavy atom. The maximum Gasteiger partial charge on any atom is 0.262 e. The summed E-state index contributed by atoms with van der Waals surface area (Å²) in [5.74, 6) is 1.16. The quantitative estimate of drug-likeness (QED) is 0.640. The summed E-state index contributed by atoms with van der Waals surface area (Å²) in [5, 5.41) is 15.0. The van der Waals surface area contributed by atoms with Crippen LogP contribution >= 0.6 is 0 Å². The third-order valence-electron chi connectivity index (χ3n) is 6.41. The maximum atomic E-state index is 12.4. The predicted octanol–water partition coefficient (Wildman–Crippen LogP) is 1.34. The Morgan fingerprint density at radius 1 is 1.26 bits per heavy atom.